The number of nitrogens with one attached hydrogen (secondary N) is 1. The number of nitriles is 1. The molecule has 22 heavy (non-hydrogen) atoms. The second-order valence-electron chi connectivity index (χ2n) is 4.50. The van der Waals surface area contributed by atoms with Crippen molar-refractivity contribution in [1.82, 2.24) is 4.98 Å². The van der Waals surface area contributed by atoms with Crippen molar-refractivity contribution in [3.05, 3.63) is 59.7 Å². The van der Waals surface area contributed by atoms with Crippen molar-refractivity contribution in [2.24, 2.45) is 0 Å². The summed E-state index contributed by atoms with van der Waals surface area (Å²) in [6, 6.07) is 16.2. The molecule has 0 aliphatic heterocycles. The summed E-state index contributed by atoms with van der Waals surface area (Å²) >= 11 is 0. The van der Waals surface area contributed by atoms with Gasteiger partial charge in [-0.25, -0.2) is 10.1 Å². The molecule has 0 saturated carbocycles. The van der Waals surface area contributed by atoms with Crippen LogP contribution in [-0.4, -0.2) is 11.1 Å². The summed E-state index contributed by atoms with van der Waals surface area (Å²) in [5, 5.41) is 11.2. The minimum Gasteiger partial charge on any atom is -0.444 e. The highest BCUT2D eigenvalue weighted by Gasteiger charge is 2.10. The number of aromatic nitrogens is 1. The molecule has 1 amide bonds. The standard InChI is InChI=1S/C16H11N3O3/c17-9-12-6-7-14-13(8-12)18-15(22-14)19-16(20)21-10-11-4-2-1-3-5-11/h1-8H,10H2,(H,18,19,20). The molecular formula is C16H11N3O3. The lowest BCUT2D eigenvalue weighted by atomic mass is 10.2. The monoisotopic (exact) mass is 293 g/mol. The first-order valence-corrected chi connectivity index (χ1v) is 6.53. The molecule has 1 aromatic heterocycles. The molecular weight excluding hydrogens is 282 g/mol. The molecule has 0 bridgehead atoms. The van der Waals surface area contributed by atoms with Crippen molar-refractivity contribution in [2.75, 3.05) is 5.32 Å². The molecule has 3 aromatic rings. The van der Waals surface area contributed by atoms with E-state index < -0.39 is 6.09 Å². The van der Waals surface area contributed by atoms with Gasteiger partial charge in [0.1, 0.15) is 12.1 Å². The Balaban J connectivity index is 1.65. The van der Waals surface area contributed by atoms with Gasteiger partial charge in [0.15, 0.2) is 5.58 Å². The van der Waals surface area contributed by atoms with Crippen LogP contribution in [0.1, 0.15) is 11.1 Å². The third-order valence-electron chi connectivity index (χ3n) is 2.94. The summed E-state index contributed by atoms with van der Waals surface area (Å²) in [5.74, 6) is 0. The fraction of sp³-hybridized carbons (Fsp3) is 0.0625. The van der Waals surface area contributed by atoms with Crippen LogP contribution in [0.3, 0.4) is 0 Å². The zero-order chi connectivity index (χ0) is 15.4. The molecule has 0 spiro atoms. The second kappa shape index (κ2) is 5.97. The molecule has 1 N–H and O–H groups in total. The van der Waals surface area contributed by atoms with E-state index in [9.17, 15) is 4.79 Å². The highest BCUT2D eigenvalue weighted by molar-refractivity contribution is 5.84. The van der Waals surface area contributed by atoms with Gasteiger partial charge in [-0.1, -0.05) is 30.3 Å². The quantitative estimate of drug-likeness (QED) is 0.799. The number of rotatable bonds is 3. The summed E-state index contributed by atoms with van der Waals surface area (Å²) in [7, 11) is 0. The fourth-order valence-electron chi connectivity index (χ4n) is 1.90. The van der Waals surface area contributed by atoms with Gasteiger partial charge in [0.05, 0.1) is 11.6 Å². The topological polar surface area (TPSA) is 88.2 Å². The van der Waals surface area contributed by atoms with Crippen molar-refractivity contribution in [3.8, 4) is 6.07 Å². The maximum atomic E-state index is 11.7. The van der Waals surface area contributed by atoms with Crippen LogP contribution in [0.5, 0.6) is 0 Å². The largest absolute Gasteiger partial charge is 0.444 e. The molecule has 0 atom stereocenters. The van der Waals surface area contributed by atoms with E-state index in [4.69, 9.17) is 14.4 Å². The highest BCUT2D eigenvalue weighted by atomic mass is 16.6. The number of carbonyl (C=O) groups is 1. The first-order chi connectivity index (χ1) is 10.7. The normalized spacial score (nSPS) is 10.1. The smallest absolute Gasteiger partial charge is 0.415 e. The Morgan fingerprint density at radius 1 is 1.27 bits per heavy atom. The van der Waals surface area contributed by atoms with Crippen LogP contribution < -0.4 is 5.32 Å². The molecule has 108 valence electrons. The minimum atomic E-state index is -0.657. The van der Waals surface area contributed by atoms with E-state index >= 15 is 0 Å². The molecule has 6 heteroatoms. The van der Waals surface area contributed by atoms with Crippen molar-refractivity contribution in [2.45, 2.75) is 6.61 Å². The lowest BCUT2D eigenvalue weighted by Gasteiger charge is -2.03. The Hall–Kier alpha value is -3.33. The zero-order valence-electron chi connectivity index (χ0n) is 11.4. The van der Waals surface area contributed by atoms with Crippen molar-refractivity contribution in [3.63, 3.8) is 0 Å². The number of carbonyl (C=O) groups excluding carboxylic acids is 1. The van der Waals surface area contributed by atoms with Gasteiger partial charge in [-0.2, -0.15) is 10.2 Å². The Morgan fingerprint density at radius 2 is 2.09 bits per heavy atom. The van der Waals surface area contributed by atoms with Crippen LogP contribution in [0.4, 0.5) is 10.8 Å². The van der Waals surface area contributed by atoms with Crippen LogP contribution in [0.2, 0.25) is 0 Å². The Morgan fingerprint density at radius 3 is 2.86 bits per heavy atom. The Bertz CT molecular complexity index is 850. The number of fused-ring (bicyclic) bond motifs is 1. The first kappa shape index (κ1) is 13.6. The van der Waals surface area contributed by atoms with E-state index in [1.54, 1.807) is 18.2 Å². The van der Waals surface area contributed by atoms with E-state index in [0.29, 0.717) is 16.7 Å². The summed E-state index contributed by atoms with van der Waals surface area (Å²) < 4.78 is 10.4. The lowest BCUT2D eigenvalue weighted by Crippen LogP contribution is -2.13. The van der Waals surface area contributed by atoms with E-state index in [1.807, 2.05) is 36.4 Å². The number of oxazole rings is 1. The molecule has 0 aliphatic carbocycles. The molecule has 2 aromatic carbocycles. The number of amides is 1. The maximum Gasteiger partial charge on any atom is 0.415 e. The van der Waals surface area contributed by atoms with Gasteiger partial charge >= 0.3 is 12.1 Å². The van der Waals surface area contributed by atoms with Crippen LogP contribution in [0.15, 0.2) is 52.9 Å². The second-order valence-corrected chi connectivity index (χ2v) is 4.50. The highest BCUT2D eigenvalue weighted by Crippen LogP contribution is 2.20. The van der Waals surface area contributed by atoms with E-state index in [-0.39, 0.29) is 12.6 Å². The molecule has 0 aliphatic rings. The average molecular weight is 293 g/mol. The van der Waals surface area contributed by atoms with Gasteiger partial charge in [0, 0.05) is 0 Å². The van der Waals surface area contributed by atoms with Crippen molar-refractivity contribution >= 4 is 23.2 Å². The van der Waals surface area contributed by atoms with E-state index in [1.165, 1.54) is 0 Å². The third kappa shape index (κ3) is 3.04. The third-order valence-corrected chi connectivity index (χ3v) is 2.94. The molecule has 6 nitrogen and oxygen atoms in total. The van der Waals surface area contributed by atoms with E-state index in [2.05, 4.69) is 10.3 Å². The van der Waals surface area contributed by atoms with Crippen LogP contribution in [0, 0.1) is 11.3 Å². The summed E-state index contributed by atoms with van der Waals surface area (Å²) in [5.41, 5.74) is 2.34. The van der Waals surface area contributed by atoms with Gasteiger partial charge in [-0.15, -0.1) is 0 Å². The number of benzene rings is 2. The summed E-state index contributed by atoms with van der Waals surface area (Å²) in [4.78, 5) is 15.8. The van der Waals surface area contributed by atoms with Gasteiger partial charge in [0.2, 0.25) is 0 Å². The van der Waals surface area contributed by atoms with Gasteiger partial charge < -0.3 is 9.15 Å². The molecule has 0 saturated heterocycles. The number of ether oxygens (including phenoxy) is 1. The number of hydrogen-bond donors (Lipinski definition) is 1. The Kier molecular flexibility index (Phi) is 3.70. The lowest BCUT2D eigenvalue weighted by molar-refractivity contribution is 0.154. The van der Waals surface area contributed by atoms with Crippen LogP contribution >= 0.6 is 0 Å². The SMILES string of the molecule is N#Cc1ccc2oc(NC(=O)OCc3ccccc3)nc2c1. The number of hydrogen-bond acceptors (Lipinski definition) is 5. The molecule has 0 fully saturated rings. The molecule has 0 unspecified atom stereocenters. The number of anilines is 1. The number of nitrogens with zero attached hydrogens (tertiary/aromatic N) is 2. The zero-order valence-corrected chi connectivity index (χ0v) is 11.4. The van der Waals surface area contributed by atoms with Crippen molar-refractivity contribution < 1.29 is 13.9 Å². The van der Waals surface area contributed by atoms with Crippen LogP contribution in [-0.2, 0) is 11.3 Å². The molecule has 0 radical (unpaired) electrons. The predicted octanol–water partition coefficient (Wildman–Crippen LogP) is 3.45. The van der Waals surface area contributed by atoms with E-state index in [0.717, 1.165) is 5.56 Å². The fourth-order valence-corrected chi connectivity index (χ4v) is 1.90. The predicted molar refractivity (Wildman–Crippen MR) is 79.0 cm³/mol. The average Bonchev–Trinajstić information content (AvgIpc) is 2.95. The Labute approximate surface area is 125 Å². The summed E-state index contributed by atoms with van der Waals surface area (Å²) in [6.45, 7) is 0.158. The van der Waals surface area contributed by atoms with Gasteiger partial charge in [-0.05, 0) is 23.8 Å². The van der Waals surface area contributed by atoms with Crippen LogP contribution in [0.25, 0.3) is 11.1 Å². The minimum absolute atomic E-state index is 0.0307. The molecule has 3 rings (SSSR count). The van der Waals surface area contributed by atoms with Crippen molar-refractivity contribution in [1.29, 1.82) is 5.26 Å². The molecule has 1 heterocycles. The van der Waals surface area contributed by atoms with Gasteiger partial charge in [-0.3, -0.25) is 0 Å². The van der Waals surface area contributed by atoms with Gasteiger partial charge in [0.25, 0.3) is 0 Å². The summed E-state index contributed by atoms with van der Waals surface area (Å²) in [6.07, 6.45) is -0.657. The first-order valence-electron chi connectivity index (χ1n) is 6.53. The maximum absolute atomic E-state index is 11.7.